The molecule has 0 aliphatic carbocycles. The molecular formula is C11H13NOS. The number of amides is 1. The summed E-state index contributed by atoms with van der Waals surface area (Å²) in [7, 11) is 0. The van der Waals surface area contributed by atoms with Crippen molar-refractivity contribution < 1.29 is 4.79 Å². The Balaban J connectivity index is 2.51. The molecule has 3 heteroatoms. The van der Waals surface area contributed by atoms with E-state index in [1.807, 2.05) is 19.9 Å². The van der Waals surface area contributed by atoms with Crippen molar-refractivity contribution in [3.8, 4) is 0 Å². The first-order valence-electron chi connectivity index (χ1n) is 4.66. The van der Waals surface area contributed by atoms with Gasteiger partial charge >= 0.3 is 0 Å². The average molecular weight is 207 g/mol. The third-order valence-corrected chi connectivity index (χ3v) is 3.69. The molecule has 2 rings (SSSR count). The van der Waals surface area contributed by atoms with Gasteiger partial charge in [-0.3, -0.25) is 4.79 Å². The van der Waals surface area contributed by atoms with Gasteiger partial charge in [-0.25, -0.2) is 0 Å². The summed E-state index contributed by atoms with van der Waals surface area (Å²) in [4.78, 5) is 12.7. The maximum Gasteiger partial charge on any atom is 0.237 e. The lowest BCUT2D eigenvalue weighted by Gasteiger charge is -2.23. The number of carbonyl (C=O) groups is 1. The Morgan fingerprint density at radius 1 is 1.36 bits per heavy atom. The van der Waals surface area contributed by atoms with Crippen LogP contribution in [0.3, 0.4) is 0 Å². The monoisotopic (exact) mass is 207 g/mol. The largest absolute Gasteiger partial charge is 0.324 e. The Hall–Kier alpha value is -0.960. The molecule has 0 spiro atoms. The Bertz CT molecular complexity index is 401. The predicted octanol–water partition coefficient (Wildman–Crippen LogP) is 2.74. The number of rotatable bonds is 0. The zero-order valence-corrected chi connectivity index (χ0v) is 9.37. The van der Waals surface area contributed by atoms with Crippen molar-refractivity contribution in [2.75, 3.05) is 5.32 Å². The summed E-state index contributed by atoms with van der Waals surface area (Å²) in [6.07, 6.45) is 0. The summed E-state index contributed by atoms with van der Waals surface area (Å²) in [6.45, 7) is 6.06. The zero-order chi connectivity index (χ0) is 10.3. The molecule has 1 heterocycles. The van der Waals surface area contributed by atoms with Crippen LogP contribution in [0.5, 0.6) is 0 Å². The zero-order valence-electron chi connectivity index (χ0n) is 8.55. The Morgan fingerprint density at radius 3 is 2.79 bits per heavy atom. The standard InChI is InChI=1S/C11H13NOS/c1-6-4-7(2)10-9(5-6)12-11(13)8(3)14-10/h4-5,8H,1-3H3,(H,12,13). The highest BCUT2D eigenvalue weighted by Crippen LogP contribution is 2.38. The first kappa shape index (κ1) is 9.59. The Labute approximate surface area is 88.1 Å². The fourth-order valence-electron chi connectivity index (χ4n) is 1.67. The smallest absolute Gasteiger partial charge is 0.237 e. The lowest BCUT2D eigenvalue weighted by atomic mass is 10.1. The molecule has 1 aliphatic heterocycles. The number of anilines is 1. The van der Waals surface area contributed by atoms with E-state index in [1.165, 1.54) is 16.0 Å². The molecule has 1 amide bonds. The van der Waals surface area contributed by atoms with E-state index in [4.69, 9.17) is 0 Å². The second-order valence-electron chi connectivity index (χ2n) is 3.71. The van der Waals surface area contributed by atoms with E-state index in [2.05, 4.69) is 18.3 Å². The van der Waals surface area contributed by atoms with Gasteiger partial charge in [0, 0.05) is 4.90 Å². The highest BCUT2D eigenvalue weighted by atomic mass is 32.2. The van der Waals surface area contributed by atoms with Crippen molar-refractivity contribution in [2.45, 2.75) is 30.9 Å². The maximum atomic E-state index is 11.4. The first-order valence-corrected chi connectivity index (χ1v) is 5.54. The summed E-state index contributed by atoms with van der Waals surface area (Å²) in [6, 6.07) is 4.18. The van der Waals surface area contributed by atoms with Crippen molar-refractivity contribution in [1.29, 1.82) is 0 Å². The van der Waals surface area contributed by atoms with Gasteiger partial charge in [-0.15, -0.1) is 11.8 Å². The third kappa shape index (κ3) is 1.52. The highest BCUT2D eigenvalue weighted by Gasteiger charge is 2.24. The SMILES string of the molecule is Cc1cc(C)c2c(c1)NC(=O)C(C)S2. The predicted molar refractivity (Wildman–Crippen MR) is 59.9 cm³/mol. The van der Waals surface area contributed by atoms with E-state index in [-0.39, 0.29) is 11.2 Å². The lowest BCUT2D eigenvalue weighted by molar-refractivity contribution is -0.115. The molecule has 1 atom stereocenters. The molecule has 14 heavy (non-hydrogen) atoms. The topological polar surface area (TPSA) is 29.1 Å². The summed E-state index contributed by atoms with van der Waals surface area (Å²) >= 11 is 1.64. The number of hydrogen-bond acceptors (Lipinski definition) is 2. The van der Waals surface area contributed by atoms with Crippen LogP contribution in [0.2, 0.25) is 0 Å². The summed E-state index contributed by atoms with van der Waals surface area (Å²) in [5.74, 6) is 0.104. The van der Waals surface area contributed by atoms with Crippen molar-refractivity contribution in [2.24, 2.45) is 0 Å². The fourth-order valence-corrected chi connectivity index (χ4v) is 2.67. The van der Waals surface area contributed by atoms with Gasteiger partial charge in [-0.05, 0) is 38.0 Å². The van der Waals surface area contributed by atoms with E-state index in [9.17, 15) is 4.79 Å². The van der Waals surface area contributed by atoms with Gasteiger partial charge in [0.15, 0.2) is 0 Å². The number of benzene rings is 1. The van der Waals surface area contributed by atoms with Gasteiger partial charge in [-0.2, -0.15) is 0 Å². The lowest BCUT2D eigenvalue weighted by Crippen LogP contribution is -2.26. The molecule has 1 N–H and O–H groups in total. The van der Waals surface area contributed by atoms with E-state index in [0.29, 0.717) is 0 Å². The van der Waals surface area contributed by atoms with Crippen LogP contribution in [0.15, 0.2) is 17.0 Å². The normalized spacial score (nSPS) is 20.2. The van der Waals surface area contributed by atoms with Gasteiger partial charge in [0.2, 0.25) is 5.91 Å². The van der Waals surface area contributed by atoms with Gasteiger partial charge in [0.1, 0.15) is 0 Å². The van der Waals surface area contributed by atoms with Crippen LogP contribution in [0, 0.1) is 13.8 Å². The van der Waals surface area contributed by atoms with Crippen LogP contribution in [-0.4, -0.2) is 11.2 Å². The highest BCUT2D eigenvalue weighted by molar-refractivity contribution is 8.01. The second-order valence-corrected chi connectivity index (χ2v) is 5.06. The molecule has 0 bridgehead atoms. The molecule has 0 fully saturated rings. The van der Waals surface area contributed by atoms with Crippen molar-refractivity contribution >= 4 is 23.4 Å². The van der Waals surface area contributed by atoms with Crippen LogP contribution in [-0.2, 0) is 4.79 Å². The van der Waals surface area contributed by atoms with Crippen molar-refractivity contribution in [3.63, 3.8) is 0 Å². The summed E-state index contributed by atoms with van der Waals surface area (Å²) < 4.78 is 0. The minimum absolute atomic E-state index is 0.0175. The molecule has 1 unspecified atom stereocenters. The molecule has 1 aromatic rings. The number of carbonyl (C=O) groups excluding carboxylic acids is 1. The van der Waals surface area contributed by atoms with Crippen LogP contribution < -0.4 is 5.32 Å². The van der Waals surface area contributed by atoms with E-state index < -0.39 is 0 Å². The van der Waals surface area contributed by atoms with Gasteiger partial charge < -0.3 is 5.32 Å². The van der Waals surface area contributed by atoms with Crippen molar-refractivity contribution in [1.82, 2.24) is 0 Å². The van der Waals surface area contributed by atoms with Crippen molar-refractivity contribution in [3.05, 3.63) is 23.3 Å². The molecule has 74 valence electrons. The van der Waals surface area contributed by atoms with E-state index in [1.54, 1.807) is 11.8 Å². The Morgan fingerprint density at radius 2 is 2.07 bits per heavy atom. The van der Waals surface area contributed by atoms with Gasteiger partial charge in [-0.1, -0.05) is 6.07 Å². The average Bonchev–Trinajstić information content (AvgIpc) is 2.08. The van der Waals surface area contributed by atoms with Gasteiger partial charge in [0.05, 0.1) is 10.9 Å². The van der Waals surface area contributed by atoms with E-state index in [0.717, 1.165) is 5.69 Å². The summed E-state index contributed by atoms with van der Waals surface area (Å²) in [5.41, 5.74) is 3.41. The first-order chi connectivity index (χ1) is 6.58. The molecule has 0 aromatic heterocycles. The number of thioether (sulfide) groups is 1. The molecule has 0 saturated carbocycles. The number of fused-ring (bicyclic) bond motifs is 1. The second kappa shape index (κ2) is 3.31. The maximum absolute atomic E-state index is 11.4. The van der Waals surface area contributed by atoms with Crippen LogP contribution in [0.1, 0.15) is 18.1 Å². The van der Waals surface area contributed by atoms with Crippen LogP contribution >= 0.6 is 11.8 Å². The summed E-state index contributed by atoms with van der Waals surface area (Å²) in [5, 5.41) is 2.95. The van der Waals surface area contributed by atoms with Crippen LogP contribution in [0.4, 0.5) is 5.69 Å². The molecule has 0 radical (unpaired) electrons. The third-order valence-electron chi connectivity index (χ3n) is 2.34. The molecular weight excluding hydrogens is 194 g/mol. The quantitative estimate of drug-likeness (QED) is 0.708. The molecule has 1 aliphatic rings. The van der Waals surface area contributed by atoms with Gasteiger partial charge in [0.25, 0.3) is 0 Å². The minimum Gasteiger partial charge on any atom is -0.324 e. The molecule has 0 saturated heterocycles. The Kier molecular flexibility index (Phi) is 2.27. The van der Waals surface area contributed by atoms with E-state index >= 15 is 0 Å². The van der Waals surface area contributed by atoms with Crippen LogP contribution in [0.25, 0.3) is 0 Å². The fraction of sp³-hybridized carbons (Fsp3) is 0.364. The number of aryl methyl sites for hydroxylation is 2. The number of nitrogens with one attached hydrogen (secondary N) is 1. The molecule has 2 nitrogen and oxygen atoms in total. The minimum atomic E-state index is 0.0175. The number of hydrogen-bond donors (Lipinski definition) is 1. The molecule has 1 aromatic carbocycles.